The second kappa shape index (κ2) is 22.5. The fourth-order valence-electron chi connectivity index (χ4n) is 6.17. The molecule has 0 fully saturated rings. The topological polar surface area (TPSA) is 280 Å². The summed E-state index contributed by atoms with van der Waals surface area (Å²) in [6.45, 7) is 0.531. The Morgan fingerprint density at radius 2 is 0.948 bits per heavy atom. The van der Waals surface area contributed by atoms with E-state index in [4.69, 9.17) is 33.8 Å². The molecule has 0 bridgehead atoms. The van der Waals surface area contributed by atoms with Gasteiger partial charge in [0, 0.05) is 24.0 Å². The van der Waals surface area contributed by atoms with Crippen molar-refractivity contribution in [3.05, 3.63) is 119 Å². The van der Waals surface area contributed by atoms with Crippen molar-refractivity contribution in [2.45, 2.75) is 62.7 Å². The number of nitrogens with one attached hydrogen (secondary N) is 7. The van der Waals surface area contributed by atoms with Crippen molar-refractivity contribution in [1.29, 1.82) is 10.8 Å². The monoisotopic (exact) mass is 853 g/mol. The van der Waals surface area contributed by atoms with Gasteiger partial charge in [-0.3, -0.25) is 30.0 Å². The number of carbonyl (C=O) groups is 4. The normalized spacial score (nSPS) is 12.9. The summed E-state index contributed by atoms with van der Waals surface area (Å²) in [5.41, 5.74) is 28.4. The van der Waals surface area contributed by atoms with E-state index >= 15 is 0 Å². The number of carbonyl (C=O) groups excluding carboxylic acids is 4. The third kappa shape index (κ3) is 14.7. The van der Waals surface area contributed by atoms with Crippen molar-refractivity contribution in [2.75, 3.05) is 13.1 Å². The van der Waals surface area contributed by atoms with Crippen LogP contribution in [0.4, 0.5) is 0 Å². The van der Waals surface area contributed by atoms with Crippen LogP contribution in [-0.4, -0.2) is 72.8 Å². The van der Waals surface area contributed by atoms with E-state index in [1.54, 1.807) is 0 Å². The Labute approximate surface area is 346 Å². The number of benzene rings is 4. The Morgan fingerprint density at radius 1 is 0.534 bits per heavy atom. The van der Waals surface area contributed by atoms with Gasteiger partial charge in [0.15, 0.2) is 11.9 Å². The zero-order valence-electron chi connectivity index (χ0n) is 32.1. The van der Waals surface area contributed by atoms with Gasteiger partial charge in [-0.15, -0.1) is 0 Å². The van der Waals surface area contributed by atoms with E-state index in [1.807, 2.05) is 103 Å². The number of rotatable bonds is 21. The molecule has 15 N–H and O–H groups in total. The number of amides is 4. The van der Waals surface area contributed by atoms with Crippen molar-refractivity contribution in [1.82, 2.24) is 26.6 Å². The zero-order valence-corrected chi connectivity index (χ0v) is 33.7. The highest BCUT2D eigenvalue weighted by Crippen LogP contribution is 2.23. The molecule has 306 valence electrons. The summed E-state index contributed by atoms with van der Waals surface area (Å²) in [5, 5.41) is 28.4. The van der Waals surface area contributed by atoms with Gasteiger partial charge in [-0.25, -0.2) is 0 Å². The van der Waals surface area contributed by atoms with Gasteiger partial charge in [0.25, 0.3) is 0 Å². The van der Waals surface area contributed by atoms with E-state index in [0.717, 1.165) is 32.3 Å². The maximum Gasteiger partial charge on any atom is 0.243 e. The number of hydrogen-bond acceptors (Lipinski definition) is 7. The molecule has 0 aliphatic heterocycles. The quantitative estimate of drug-likeness (QED) is 0.0333. The lowest BCUT2D eigenvalue weighted by atomic mass is 9.99. The predicted octanol–water partition coefficient (Wildman–Crippen LogP) is 2.36. The van der Waals surface area contributed by atoms with Crippen LogP contribution in [0, 0.1) is 10.8 Å². The molecule has 4 amide bonds. The van der Waals surface area contributed by atoms with Crippen LogP contribution in [-0.2, 0) is 32.0 Å². The van der Waals surface area contributed by atoms with Crippen molar-refractivity contribution in [3.63, 3.8) is 0 Å². The molecule has 4 rings (SSSR count). The summed E-state index contributed by atoms with van der Waals surface area (Å²) in [6, 6.07) is 28.6. The largest absolute Gasteiger partial charge is 0.370 e. The van der Waals surface area contributed by atoms with Crippen LogP contribution in [0.3, 0.4) is 0 Å². The molecule has 4 aromatic rings. The van der Waals surface area contributed by atoms with Crippen LogP contribution in [0.1, 0.15) is 36.8 Å². The van der Waals surface area contributed by atoms with Crippen LogP contribution < -0.4 is 49.5 Å². The van der Waals surface area contributed by atoms with Crippen molar-refractivity contribution in [3.8, 4) is 22.3 Å². The molecule has 0 saturated carbocycles. The molecule has 15 nitrogen and oxygen atoms in total. The summed E-state index contributed by atoms with van der Waals surface area (Å²) in [4.78, 5) is 53.9. The maximum absolute atomic E-state index is 14.1. The molecule has 58 heavy (non-hydrogen) atoms. The molecule has 0 saturated heterocycles. The van der Waals surface area contributed by atoms with E-state index in [-0.39, 0.29) is 50.7 Å². The van der Waals surface area contributed by atoms with Gasteiger partial charge in [0.05, 0.1) is 6.04 Å². The minimum atomic E-state index is -1.19. The molecule has 1 unspecified atom stereocenters. The molecule has 0 aliphatic carbocycles. The minimum Gasteiger partial charge on any atom is -0.370 e. The molecule has 0 spiro atoms. The Bertz CT molecular complexity index is 2000. The van der Waals surface area contributed by atoms with Gasteiger partial charge in [-0.1, -0.05) is 107 Å². The fraction of sp³-hybridized carbons (Fsp3) is 0.286. The summed E-state index contributed by atoms with van der Waals surface area (Å²) in [6.07, 6.45) is 1.22. The van der Waals surface area contributed by atoms with E-state index in [0.29, 0.717) is 18.4 Å². The van der Waals surface area contributed by atoms with Crippen molar-refractivity contribution >= 4 is 51.5 Å². The SMILES string of the molecule is N=C(N)NCCC[C@H](NC(=O)[C@H](Cc1ccc(-c2ccc(Br)cc2)cc1)NC(=O)[C@H](CCCNC(=N)N)NC(=O)C(N)Cc1ccc(-c2ccccc2)cc1)C(N)=O. The highest BCUT2D eigenvalue weighted by Gasteiger charge is 2.30. The van der Waals surface area contributed by atoms with Gasteiger partial charge in [-0.2, -0.15) is 0 Å². The Hall–Kier alpha value is -6.26. The second-order valence-corrected chi connectivity index (χ2v) is 14.7. The fourth-order valence-corrected chi connectivity index (χ4v) is 6.43. The number of nitrogens with two attached hydrogens (primary N) is 4. The minimum absolute atomic E-state index is 0.0423. The lowest BCUT2D eigenvalue weighted by molar-refractivity contribution is -0.133. The first kappa shape index (κ1) is 44.5. The van der Waals surface area contributed by atoms with Crippen LogP contribution in [0.2, 0.25) is 0 Å². The van der Waals surface area contributed by atoms with Crippen molar-refractivity contribution in [2.24, 2.45) is 22.9 Å². The standard InChI is InChI=1S/C42H52BrN11O4/c43-32-20-18-31(19-21-32)30-16-12-27(13-17-30)25-36(40(58)52-34(37(45)55)8-4-22-50-41(46)47)54-39(57)35(9-5-23-51-42(48)49)53-38(56)33(44)24-26-10-14-29(15-11-26)28-6-2-1-3-7-28/h1-3,6-7,10-21,33-36H,4-5,8-9,22-25,44H2,(H2,45,55)(H,52,58)(H,53,56)(H,54,57)(H4,46,47,50)(H4,48,49,51)/t33?,34-,35-,36-/m0/s1. The smallest absolute Gasteiger partial charge is 0.243 e. The molecule has 4 aromatic carbocycles. The van der Waals surface area contributed by atoms with E-state index in [1.165, 1.54) is 0 Å². The van der Waals surface area contributed by atoms with Gasteiger partial charge >= 0.3 is 0 Å². The first-order chi connectivity index (χ1) is 27.8. The maximum atomic E-state index is 14.1. The first-order valence-corrected chi connectivity index (χ1v) is 19.7. The number of halogens is 1. The van der Waals surface area contributed by atoms with Crippen LogP contribution in [0.25, 0.3) is 22.3 Å². The molecule has 0 aromatic heterocycles. The summed E-state index contributed by atoms with van der Waals surface area (Å²) in [5.74, 6) is -3.12. The molecule has 16 heteroatoms. The second-order valence-electron chi connectivity index (χ2n) is 13.8. The summed E-state index contributed by atoms with van der Waals surface area (Å²) in [7, 11) is 0. The highest BCUT2D eigenvalue weighted by molar-refractivity contribution is 9.10. The Kier molecular flexibility index (Phi) is 17.2. The van der Waals surface area contributed by atoms with Gasteiger partial charge < -0.3 is 49.5 Å². The van der Waals surface area contributed by atoms with E-state index in [9.17, 15) is 19.2 Å². The molecule has 0 heterocycles. The highest BCUT2D eigenvalue weighted by atomic mass is 79.9. The third-order valence-corrected chi connectivity index (χ3v) is 9.85. The third-order valence-electron chi connectivity index (χ3n) is 9.32. The summed E-state index contributed by atoms with van der Waals surface area (Å²) >= 11 is 3.45. The van der Waals surface area contributed by atoms with Crippen LogP contribution >= 0.6 is 15.9 Å². The zero-order chi connectivity index (χ0) is 42.0. The Balaban J connectivity index is 1.52. The number of primary amides is 1. The molecule has 0 aliphatic rings. The van der Waals surface area contributed by atoms with Gasteiger partial charge in [0.1, 0.15) is 18.1 Å². The summed E-state index contributed by atoms with van der Waals surface area (Å²) < 4.78 is 0.947. The predicted molar refractivity (Wildman–Crippen MR) is 230 cm³/mol. The molecular weight excluding hydrogens is 802 g/mol. The number of guanidine groups is 2. The average molecular weight is 855 g/mol. The Morgan fingerprint density at radius 3 is 1.45 bits per heavy atom. The molecule has 4 atom stereocenters. The lowest BCUT2D eigenvalue weighted by Gasteiger charge is -2.26. The molecule has 0 radical (unpaired) electrons. The van der Waals surface area contributed by atoms with Crippen LogP contribution in [0.5, 0.6) is 0 Å². The number of hydrogen-bond donors (Lipinski definition) is 11. The average Bonchev–Trinajstić information content (AvgIpc) is 3.20. The van der Waals surface area contributed by atoms with Crippen LogP contribution in [0.15, 0.2) is 108 Å². The van der Waals surface area contributed by atoms with Gasteiger partial charge in [-0.05, 0) is 77.6 Å². The molecular formula is C42H52BrN11O4. The van der Waals surface area contributed by atoms with Gasteiger partial charge in [0.2, 0.25) is 23.6 Å². The van der Waals surface area contributed by atoms with Crippen molar-refractivity contribution < 1.29 is 19.2 Å². The lowest BCUT2D eigenvalue weighted by Crippen LogP contribution is -2.58. The van der Waals surface area contributed by atoms with E-state index in [2.05, 4.69) is 42.5 Å². The van der Waals surface area contributed by atoms with E-state index < -0.39 is 47.8 Å². The first-order valence-electron chi connectivity index (χ1n) is 18.9.